The van der Waals surface area contributed by atoms with Crippen molar-refractivity contribution in [2.75, 3.05) is 6.26 Å². The van der Waals surface area contributed by atoms with Crippen LogP contribution in [0, 0.1) is 10.8 Å². The lowest BCUT2D eigenvalue weighted by atomic mass is 9.94. The molecule has 0 heterocycles. The standard InChI is InChI=1S/C25H40O.C3H8.3C2H6.CH4S/c1-24(17-18-24)15-8-4-3-7-13-22-21(12-10-14-23(22)26)11-6-5-9-16-25(2)19-20-25;1-3-2;4*1-2/h10,12,14,26H,3-9,11,13,15-20H2,1-2H3;3H2,1-2H3;3*1-2H3;2H,1H3. The first-order valence-corrected chi connectivity index (χ1v) is 17.1. The second kappa shape index (κ2) is 27.0. The van der Waals surface area contributed by atoms with Gasteiger partial charge in [0.1, 0.15) is 5.75 Å². The van der Waals surface area contributed by atoms with Crippen LogP contribution in [-0.2, 0) is 12.8 Å². The predicted molar refractivity (Wildman–Crippen MR) is 177 cm³/mol. The minimum atomic E-state index is 0.526. The molecule has 1 N–H and O–H groups in total. The lowest BCUT2D eigenvalue weighted by Gasteiger charge is -2.13. The molecule has 2 heteroatoms. The number of aromatic hydroxyl groups is 1. The van der Waals surface area contributed by atoms with E-state index in [0.29, 0.717) is 16.6 Å². The second-order valence-electron chi connectivity index (χ2n) is 10.7. The summed E-state index contributed by atoms with van der Waals surface area (Å²) in [4.78, 5) is 0. The first kappa shape index (κ1) is 40.9. The number of phenolic OH excluding ortho intramolecular Hbond substituents is 1. The fraction of sp³-hybridized carbons (Fsp3) is 0.829. The molecule has 0 bridgehead atoms. The largest absolute Gasteiger partial charge is 0.508 e. The van der Waals surface area contributed by atoms with Crippen molar-refractivity contribution >= 4 is 12.6 Å². The summed E-state index contributed by atoms with van der Waals surface area (Å²) in [6, 6.07) is 6.14. The Morgan fingerprint density at radius 2 is 1.03 bits per heavy atom. The van der Waals surface area contributed by atoms with Gasteiger partial charge >= 0.3 is 0 Å². The summed E-state index contributed by atoms with van der Waals surface area (Å²) in [5, 5.41) is 10.3. The minimum absolute atomic E-state index is 0.526. The number of hydrogen-bond acceptors (Lipinski definition) is 2. The third-order valence-corrected chi connectivity index (χ3v) is 7.14. The number of hydrogen-bond donors (Lipinski definition) is 2. The monoisotopic (exact) mass is 539 g/mol. The summed E-state index contributed by atoms with van der Waals surface area (Å²) in [5.41, 5.74) is 4.04. The number of rotatable bonds is 13. The lowest BCUT2D eigenvalue weighted by Crippen LogP contribution is -1.98. The van der Waals surface area contributed by atoms with E-state index < -0.39 is 0 Å². The van der Waals surface area contributed by atoms with Crippen LogP contribution < -0.4 is 0 Å². The molecular formula is C35H70OS. The van der Waals surface area contributed by atoms with Crippen LogP contribution in [0.15, 0.2) is 18.2 Å². The normalized spacial score (nSPS) is 14.8. The van der Waals surface area contributed by atoms with E-state index in [4.69, 9.17) is 0 Å². The summed E-state index contributed by atoms with van der Waals surface area (Å²) in [7, 11) is 0. The molecule has 2 fully saturated rings. The number of unbranched alkanes of at least 4 members (excludes halogenated alkanes) is 5. The second-order valence-corrected chi connectivity index (χ2v) is 10.7. The van der Waals surface area contributed by atoms with Crippen molar-refractivity contribution in [3.05, 3.63) is 29.3 Å². The van der Waals surface area contributed by atoms with Crippen LogP contribution in [0.1, 0.15) is 170 Å². The van der Waals surface area contributed by atoms with Crippen LogP contribution in [0.2, 0.25) is 0 Å². The fourth-order valence-electron chi connectivity index (χ4n) is 4.32. The van der Waals surface area contributed by atoms with Crippen LogP contribution in [0.3, 0.4) is 0 Å². The van der Waals surface area contributed by atoms with Crippen molar-refractivity contribution in [2.45, 2.75) is 172 Å². The lowest BCUT2D eigenvalue weighted by molar-refractivity contribution is 0.458. The van der Waals surface area contributed by atoms with Crippen molar-refractivity contribution in [1.29, 1.82) is 0 Å². The molecule has 1 aromatic rings. The average Bonchev–Trinajstić information content (AvgIpc) is 3.86. The maximum absolute atomic E-state index is 10.3. The van der Waals surface area contributed by atoms with Crippen molar-refractivity contribution in [3.8, 4) is 5.75 Å². The Balaban J connectivity index is -0.000000924. The SMILES string of the molecule is CC.CC.CC.CC1(CCCCCCc2c(O)cccc2CCCCCC2(C)CC2)CC1.CCC.CS. The molecule has 0 spiro atoms. The molecule has 0 atom stereocenters. The zero-order chi connectivity index (χ0) is 29.2. The highest BCUT2D eigenvalue weighted by Gasteiger charge is 2.36. The van der Waals surface area contributed by atoms with E-state index in [0.717, 1.165) is 12.8 Å². The van der Waals surface area contributed by atoms with Crippen molar-refractivity contribution < 1.29 is 5.11 Å². The maximum atomic E-state index is 10.3. The Morgan fingerprint density at radius 1 is 0.649 bits per heavy atom. The van der Waals surface area contributed by atoms with Crippen LogP contribution >= 0.6 is 12.6 Å². The summed E-state index contributed by atoms with van der Waals surface area (Å²) < 4.78 is 0. The smallest absolute Gasteiger partial charge is 0.119 e. The van der Waals surface area contributed by atoms with Crippen molar-refractivity contribution in [1.82, 2.24) is 0 Å². The third kappa shape index (κ3) is 21.9. The van der Waals surface area contributed by atoms with Gasteiger partial charge < -0.3 is 5.11 Å². The van der Waals surface area contributed by atoms with Crippen LogP contribution in [0.5, 0.6) is 5.75 Å². The summed E-state index contributed by atoms with van der Waals surface area (Å²) in [5.74, 6) is 0.526. The molecule has 1 aromatic carbocycles. The first-order chi connectivity index (χ1) is 17.9. The van der Waals surface area contributed by atoms with E-state index in [9.17, 15) is 5.11 Å². The van der Waals surface area contributed by atoms with Crippen LogP contribution in [0.25, 0.3) is 0 Å². The molecule has 2 aliphatic rings. The molecule has 0 saturated heterocycles. The van der Waals surface area contributed by atoms with Gasteiger partial charge in [-0.1, -0.05) is 120 Å². The molecule has 2 aliphatic carbocycles. The highest BCUT2D eigenvalue weighted by Crippen LogP contribution is 2.49. The predicted octanol–water partition coefficient (Wildman–Crippen LogP) is 12.6. The van der Waals surface area contributed by atoms with Gasteiger partial charge in [-0.25, -0.2) is 0 Å². The average molecular weight is 539 g/mol. The molecule has 0 unspecified atom stereocenters. The molecule has 0 amide bonds. The van der Waals surface area contributed by atoms with Gasteiger partial charge in [-0.15, -0.1) is 0 Å². The molecule has 2 saturated carbocycles. The van der Waals surface area contributed by atoms with Gasteiger partial charge in [-0.05, 0) is 98.5 Å². The zero-order valence-electron chi connectivity index (χ0n) is 27.4. The highest BCUT2D eigenvalue weighted by atomic mass is 32.1. The summed E-state index contributed by atoms with van der Waals surface area (Å²) in [6.07, 6.45) is 23.0. The van der Waals surface area contributed by atoms with Crippen molar-refractivity contribution in [2.24, 2.45) is 10.8 Å². The fourth-order valence-corrected chi connectivity index (χ4v) is 4.32. The number of benzene rings is 1. The summed E-state index contributed by atoms with van der Waals surface area (Å²) >= 11 is 3.53. The Kier molecular flexibility index (Phi) is 29.8. The van der Waals surface area contributed by atoms with E-state index in [1.807, 2.05) is 53.7 Å². The highest BCUT2D eigenvalue weighted by molar-refractivity contribution is 7.79. The van der Waals surface area contributed by atoms with Gasteiger partial charge in [0, 0.05) is 0 Å². The molecule has 222 valence electrons. The van der Waals surface area contributed by atoms with Crippen molar-refractivity contribution in [3.63, 3.8) is 0 Å². The molecule has 37 heavy (non-hydrogen) atoms. The Hall–Kier alpha value is -0.630. The van der Waals surface area contributed by atoms with Gasteiger partial charge in [-0.3, -0.25) is 0 Å². The minimum Gasteiger partial charge on any atom is -0.508 e. The van der Waals surface area contributed by atoms with E-state index >= 15 is 0 Å². The van der Waals surface area contributed by atoms with E-state index in [1.54, 1.807) is 6.26 Å². The molecule has 3 rings (SSSR count). The quantitative estimate of drug-likeness (QED) is 0.189. The Morgan fingerprint density at radius 3 is 1.46 bits per heavy atom. The first-order valence-electron chi connectivity index (χ1n) is 16.2. The molecule has 1 nitrogen and oxygen atoms in total. The Labute approximate surface area is 241 Å². The van der Waals surface area contributed by atoms with Gasteiger partial charge in [0.25, 0.3) is 0 Å². The van der Waals surface area contributed by atoms with Gasteiger partial charge in [0.15, 0.2) is 0 Å². The van der Waals surface area contributed by atoms with Gasteiger partial charge in [-0.2, -0.15) is 12.6 Å². The van der Waals surface area contributed by atoms with Gasteiger partial charge in [0.2, 0.25) is 0 Å². The van der Waals surface area contributed by atoms with E-state index in [-0.39, 0.29) is 0 Å². The van der Waals surface area contributed by atoms with Crippen LogP contribution in [0.4, 0.5) is 0 Å². The molecular weight excluding hydrogens is 468 g/mol. The molecule has 0 aliphatic heterocycles. The van der Waals surface area contributed by atoms with Gasteiger partial charge in [0.05, 0.1) is 0 Å². The number of thiol groups is 1. The van der Waals surface area contributed by atoms with E-state index in [1.165, 1.54) is 101 Å². The summed E-state index contributed by atoms with van der Waals surface area (Å²) in [6.45, 7) is 21.1. The number of phenols is 1. The maximum Gasteiger partial charge on any atom is 0.119 e. The van der Waals surface area contributed by atoms with E-state index in [2.05, 4.69) is 46.4 Å². The Bertz CT molecular complexity index is 587. The number of aryl methyl sites for hydroxylation is 1. The topological polar surface area (TPSA) is 20.2 Å². The molecule has 0 radical (unpaired) electrons. The molecule has 0 aromatic heterocycles. The third-order valence-electron chi connectivity index (χ3n) is 7.14. The van der Waals surface area contributed by atoms with Crippen LogP contribution in [-0.4, -0.2) is 11.4 Å². The zero-order valence-corrected chi connectivity index (χ0v) is 28.3.